The van der Waals surface area contributed by atoms with Crippen LogP contribution in [0.5, 0.6) is 0 Å². The molecule has 1 aromatic carbocycles. The van der Waals surface area contributed by atoms with Gasteiger partial charge in [0.05, 0.1) is 13.0 Å². The molecular formula is C13H16O4. The largest absolute Gasteiger partial charge is 0.463 e. The molecule has 4 nitrogen and oxygen atoms in total. The lowest BCUT2D eigenvalue weighted by molar-refractivity contribution is -0.165. The van der Waals surface area contributed by atoms with Crippen LogP contribution in [0.15, 0.2) is 30.3 Å². The van der Waals surface area contributed by atoms with Crippen molar-refractivity contribution in [3.8, 4) is 0 Å². The molecular weight excluding hydrogens is 220 g/mol. The van der Waals surface area contributed by atoms with E-state index in [0.29, 0.717) is 0 Å². The quantitative estimate of drug-likeness (QED) is 0.730. The van der Waals surface area contributed by atoms with Crippen LogP contribution in [0.4, 0.5) is 0 Å². The van der Waals surface area contributed by atoms with Crippen molar-refractivity contribution in [1.82, 2.24) is 0 Å². The lowest BCUT2D eigenvalue weighted by Gasteiger charge is -2.11. The van der Waals surface area contributed by atoms with Crippen molar-refractivity contribution in [2.75, 3.05) is 6.61 Å². The van der Waals surface area contributed by atoms with Crippen LogP contribution in [0.25, 0.3) is 0 Å². The van der Waals surface area contributed by atoms with Gasteiger partial charge in [-0.1, -0.05) is 30.3 Å². The van der Waals surface area contributed by atoms with Crippen molar-refractivity contribution in [2.24, 2.45) is 0 Å². The summed E-state index contributed by atoms with van der Waals surface area (Å²) >= 11 is 0. The molecule has 0 amide bonds. The highest BCUT2D eigenvalue weighted by Gasteiger charge is 2.18. The molecule has 1 aromatic rings. The van der Waals surface area contributed by atoms with Gasteiger partial charge in [0.2, 0.25) is 0 Å². The highest BCUT2D eigenvalue weighted by Crippen LogP contribution is 2.03. The number of benzene rings is 1. The Bertz CT molecular complexity index is 372. The van der Waals surface area contributed by atoms with Gasteiger partial charge >= 0.3 is 11.9 Å². The summed E-state index contributed by atoms with van der Waals surface area (Å²) in [6, 6.07) is 9.22. The Kier molecular flexibility index (Phi) is 5.20. The van der Waals surface area contributed by atoms with E-state index in [1.807, 2.05) is 30.3 Å². The lowest BCUT2D eigenvalue weighted by Crippen LogP contribution is -2.27. The average Bonchev–Trinajstić information content (AvgIpc) is 2.30. The Labute approximate surface area is 101 Å². The average molecular weight is 236 g/mol. The van der Waals surface area contributed by atoms with Gasteiger partial charge in [0.1, 0.15) is 0 Å². The van der Waals surface area contributed by atoms with E-state index in [-0.39, 0.29) is 13.0 Å². The summed E-state index contributed by atoms with van der Waals surface area (Å²) in [5, 5.41) is 0. The molecule has 92 valence electrons. The van der Waals surface area contributed by atoms with Crippen LogP contribution in [0.1, 0.15) is 19.4 Å². The Balaban J connectivity index is 2.42. The maximum atomic E-state index is 11.5. The van der Waals surface area contributed by atoms with Crippen LogP contribution in [0, 0.1) is 0 Å². The minimum absolute atomic E-state index is 0.157. The molecule has 0 N–H and O–H groups in total. The summed E-state index contributed by atoms with van der Waals surface area (Å²) in [7, 11) is 0. The summed E-state index contributed by atoms with van der Waals surface area (Å²) in [4.78, 5) is 22.7. The van der Waals surface area contributed by atoms with Gasteiger partial charge in [-0.2, -0.15) is 0 Å². The summed E-state index contributed by atoms with van der Waals surface area (Å²) in [5.74, 6) is -0.953. The molecule has 0 fully saturated rings. The number of rotatable bonds is 5. The number of carbonyl (C=O) groups is 2. The van der Waals surface area contributed by atoms with Gasteiger partial charge in [-0.25, -0.2) is 4.79 Å². The zero-order valence-electron chi connectivity index (χ0n) is 10.0. The number of esters is 2. The predicted molar refractivity (Wildman–Crippen MR) is 62.3 cm³/mol. The third kappa shape index (κ3) is 4.68. The molecule has 4 heteroatoms. The van der Waals surface area contributed by atoms with Crippen molar-refractivity contribution in [3.05, 3.63) is 35.9 Å². The van der Waals surface area contributed by atoms with E-state index >= 15 is 0 Å². The molecule has 0 aliphatic heterocycles. The Morgan fingerprint density at radius 1 is 1.24 bits per heavy atom. The molecule has 0 saturated heterocycles. The summed E-state index contributed by atoms with van der Waals surface area (Å²) in [5.41, 5.74) is 0.855. The molecule has 0 aliphatic rings. The van der Waals surface area contributed by atoms with Crippen LogP contribution >= 0.6 is 0 Å². The molecule has 0 aromatic heterocycles. The fraction of sp³-hybridized carbons (Fsp3) is 0.385. The Morgan fingerprint density at radius 3 is 2.47 bits per heavy atom. The van der Waals surface area contributed by atoms with Gasteiger partial charge in [-0.05, 0) is 19.4 Å². The molecule has 0 spiro atoms. The second-order valence-electron chi connectivity index (χ2n) is 3.55. The van der Waals surface area contributed by atoms with Gasteiger partial charge in [-0.15, -0.1) is 0 Å². The van der Waals surface area contributed by atoms with Crippen LogP contribution in [0.2, 0.25) is 0 Å². The molecule has 0 heterocycles. The van der Waals surface area contributed by atoms with Crippen molar-refractivity contribution in [3.63, 3.8) is 0 Å². The van der Waals surface area contributed by atoms with Crippen LogP contribution < -0.4 is 0 Å². The maximum absolute atomic E-state index is 11.5. The minimum Gasteiger partial charge on any atom is -0.463 e. The molecule has 0 saturated carbocycles. The first-order valence-electron chi connectivity index (χ1n) is 5.53. The highest BCUT2D eigenvalue weighted by molar-refractivity contribution is 5.80. The topological polar surface area (TPSA) is 52.6 Å². The summed E-state index contributed by atoms with van der Waals surface area (Å²) < 4.78 is 9.69. The van der Waals surface area contributed by atoms with Crippen LogP contribution in [-0.2, 0) is 25.5 Å². The van der Waals surface area contributed by atoms with Gasteiger partial charge in [0.15, 0.2) is 6.10 Å². The SMILES string of the molecule is CCOC(=O)[C@@H](C)OC(=O)Cc1ccccc1. The first-order valence-corrected chi connectivity index (χ1v) is 5.53. The number of hydrogen-bond acceptors (Lipinski definition) is 4. The minimum atomic E-state index is -0.855. The summed E-state index contributed by atoms with van der Waals surface area (Å²) in [6.45, 7) is 3.48. The standard InChI is InChI=1S/C13H16O4/c1-3-16-13(15)10(2)17-12(14)9-11-7-5-4-6-8-11/h4-8,10H,3,9H2,1-2H3/t10-/m1/s1. The molecule has 17 heavy (non-hydrogen) atoms. The molecule has 0 unspecified atom stereocenters. The first-order chi connectivity index (χ1) is 8.13. The number of carbonyl (C=O) groups excluding carboxylic acids is 2. The normalized spacial score (nSPS) is 11.6. The molecule has 0 bridgehead atoms. The summed E-state index contributed by atoms with van der Waals surface area (Å²) in [6.07, 6.45) is -0.698. The third-order valence-corrected chi connectivity index (χ3v) is 2.12. The van der Waals surface area contributed by atoms with Gasteiger partial charge in [0.25, 0.3) is 0 Å². The zero-order valence-corrected chi connectivity index (χ0v) is 10.0. The fourth-order valence-corrected chi connectivity index (χ4v) is 1.31. The second kappa shape index (κ2) is 6.68. The van der Waals surface area contributed by atoms with E-state index in [9.17, 15) is 9.59 Å². The Morgan fingerprint density at radius 2 is 1.88 bits per heavy atom. The van der Waals surface area contributed by atoms with E-state index in [2.05, 4.69) is 0 Å². The molecule has 0 aliphatic carbocycles. The molecule has 0 radical (unpaired) electrons. The Hall–Kier alpha value is -1.84. The van der Waals surface area contributed by atoms with Gasteiger partial charge in [0, 0.05) is 0 Å². The van der Waals surface area contributed by atoms with Crippen LogP contribution in [-0.4, -0.2) is 24.6 Å². The first kappa shape index (κ1) is 13.2. The number of hydrogen-bond donors (Lipinski definition) is 0. The lowest BCUT2D eigenvalue weighted by atomic mass is 10.1. The van der Waals surface area contributed by atoms with E-state index in [0.717, 1.165) is 5.56 Å². The van der Waals surface area contributed by atoms with Crippen molar-refractivity contribution in [1.29, 1.82) is 0 Å². The predicted octanol–water partition coefficient (Wildman–Crippen LogP) is 1.72. The van der Waals surface area contributed by atoms with Crippen molar-refractivity contribution < 1.29 is 19.1 Å². The molecule has 1 atom stereocenters. The van der Waals surface area contributed by atoms with Gasteiger partial charge < -0.3 is 9.47 Å². The highest BCUT2D eigenvalue weighted by atomic mass is 16.6. The third-order valence-electron chi connectivity index (χ3n) is 2.12. The van der Waals surface area contributed by atoms with E-state index in [1.54, 1.807) is 6.92 Å². The smallest absolute Gasteiger partial charge is 0.347 e. The second-order valence-corrected chi connectivity index (χ2v) is 3.55. The zero-order chi connectivity index (χ0) is 12.7. The van der Waals surface area contributed by atoms with Crippen molar-refractivity contribution in [2.45, 2.75) is 26.4 Å². The fourth-order valence-electron chi connectivity index (χ4n) is 1.31. The van der Waals surface area contributed by atoms with Crippen molar-refractivity contribution >= 4 is 11.9 Å². The molecule has 1 rings (SSSR count). The van der Waals surface area contributed by atoms with E-state index < -0.39 is 18.0 Å². The monoisotopic (exact) mass is 236 g/mol. The maximum Gasteiger partial charge on any atom is 0.347 e. The number of ether oxygens (including phenoxy) is 2. The van der Waals surface area contributed by atoms with E-state index in [4.69, 9.17) is 9.47 Å². The van der Waals surface area contributed by atoms with Crippen LogP contribution in [0.3, 0.4) is 0 Å². The van der Waals surface area contributed by atoms with E-state index in [1.165, 1.54) is 6.92 Å². The van der Waals surface area contributed by atoms with Gasteiger partial charge in [-0.3, -0.25) is 4.79 Å².